The molecular weight excluding hydrogens is 230 g/mol. The van der Waals surface area contributed by atoms with E-state index in [9.17, 15) is 13.2 Å². The molecule has 0 amide bonds. The molecular formula is C10H13NO4S. The first-order valence-corrected chi connectivity index (χ1v) is 6.13. The summed E-state index contributed by atoms with van der Waals surface area (Å²) in [5.74, 6) is 0.0770. The zero-order chi connectivity index (χ0) is 12.3. The van der Waals surface area contributed by atoms with Crippen LogP contribution in [0.4, 0.5) is 0 Å². The lowest BCUT2D eigenvalue weighted by atomic mass is 10.1. The van der Waals surface area contributed by atoms with Crippen LogP contribution < -0.4 is 9.88 Å². The largest absolute Gasteiger partial charge is 0.497 e. The van der Waals surface area contributed by atoms with Gasteiger partial charge in [-0.2, -0.15) is 0 Å². The molecule has 16 heavy (non-hydrogen) atoms. The van der Waals surface area contributed by atoms with Gasteiger partial charge in [-0.25, -0.2) is 13.6 Å². The molecule has 1 atom stereocenters. The van der Waals surface area contributed by atoms with Crippen LogP contribution >= 0.6 is 0 Å². The van der Waals surface area contributed by atoms with Crippen LogP contribution in [0.2, 0.25) is 0 Å². The van der Waals surface area contributed by atoms with E-state index in [1.54, 1.807) is 12.1 Å². The van der Waals surface area contributed by atoms with Crippen molar-refractivity contribution in [3.05, 3.63) is 29.8 Å². The number of benzene rings is 1. The number of carbonyl (C=O) groups is 1. The van der Waals surface area contributed by atoms with Crippen molar-refractivity contribution in [2.75, 3.05) is 7.11 Å². The van der Waals surface area contributed by atoms with E-state index >= 15 is 0 Å². The highest BCUT2D eigenvalue weighted by Crippen LogP contribution is 2.23. The predicted molar refractivity (Wildman–Crippen MR) is 59.5 cm³/mol. The van der Waals surface area contributed by atoms with Crippen LogP contribution in [0.15, 0.2) is 24.3 Å². The van der Waals surface area contributed by atoms with Gasteiger partial charge in [-0.1, -0.05) is 12.1 Å². The van der Waals surface area contributed by atoms with Crippen LogP contribution in [0.25, 0.3) is 0 Å². The summed E-state index contributed by atoms with van der Waals surface area (Å²) in [6.07, 6.45) is 0. The number of rotatable bonds is 4. The van der Waals surface area contributed by atoms with E-state index in [2.05, 4.69) is 0 Å². The van der Waals surface area contributed by atoms with Crippen molar-refractivity contribution >= 4 is 15.8 Å². The third kappa shape index (κ3) is 2.80. The molecule has 0 bridgehead atoms. The van der Waals surface area contributed by atoms with Gasteiger partial charge in [0.25, 0.3) is 0 Å². The minimum Gasteiger partial charge on any atom is -0.497 e. The first kappa shape index (κ1) is 12.7. The monoisotopic (exact) mass is 243 g/mol. The van der Waals surface area contributed by atoms with Crippen LogP contribution in [-0.2, 0) is 14.8 Å². The maximum absolute atomic E-state index is 11.3. The summed E-state index contributed by atoms with van der Waals surface area (Å²) in [4.78, 5) is 11.3. The number of hydrogen-bond acceptors (Lipinski definition) is 4. The first-order chi connectivity index (χ1) is 7.36. The highest BCUT2D eigenvalue weighted by atomic mass is 32.2. The maximum Gasteiger partial charge on any atom is 0.223 e. The first-order valence-electron chi connectivity index (χ1n) is 4.52. The third-order valence-corrected chi connectivity index (χ3v) is 3.38. The fraction of sp³-hybridized carbons (Fsp3) is 0.300. The molecule has 0 spiro atoms. The number of ether oxygens (including phenoxy) is 1. The zero-order valence-electron chi connectivity index (χ0n) is 9.01. The minimum atomic E-state index is -3.93. The second-order valence-electron chi connectivity index (χ2n) is 3.35. The molecule has 0 saturated heterocycles. The number of carbonyl (C=O) groups excluding carboxylic acids is 1. The molecule has 1 aromatic rings. The molecule has 88 valence electrons. The molecule has 0 aliphatic heterocycles. The van der Waals surface area contributed by atoms with E-state index in [0.29, 0.717) is 11.3 Å². The van der Waals surface area contributed by atoms with Crippen LogP contribution in [-0.4, -0.2) is 21.3 Å². The molecule has 1 unspecified atom stereocenters. The molecule has 0 fully saturated rings. The second kappa shape index (κ2) is 4.63. The van der Waals surface area contributed by atoms with Gasteiger partial charge in [-0.3, -0.25) is 4.79 Å². The maximum atomic E-state index is 11.3. The van der Waals surface area contributed by atoms with Crippen molar-refractivity contribution in [3.63, 3.8) is 0 Å². The molecule has 0 aliphatic rings. The minimum absolute atomic E-state index is 0.343. The van der Waals surface area contributed by atoms with Gasteiger partial charge < -0.3 is 4.74 Å². The second-order valence-corrected chi connectivity index (χ2v) is 5.00. The van der Waals surface area contributed by atoms with Crippen molar-refractivity contribution in [1.29, 1.82) is 0 Å². The van der Waals surface area contributed by atoms with Crippen molar-refractivity contribution < 1.29 is 17.9 Å². The van der Waals surface area contributed by atoms with Crippen LogP contribution in [0.5, 0.6) is 5.75 Å². The number of primary sulfonamides is 1. The van der Waals surface area contributed by atoms with Crippen LogP contribution in [0.1, 0.15) is 17.7 Å². The van der Waals surface area contributed by atoms with E-state index in [1.807, 2.05) is 0 Å². The van der Waals surface area contributed by atoms with Crippen molar-refractivity contribution in [3.8, 4) is 5.75 Å². The average molecular weight is 243 g/mol. The SMILES string of the molecule is COc1ccc(C(C(C)=O)S(N)(=O)=O)cc1. The van der Waals surface area contributed by atoms with E-state index in [4.69, 9.17) is 9.88 Å². The quantitative estimate of drug-likeness (QED) is 0.839. The number of ketones is 1. The lowest BCUT2D eigenvalue weighted by molar-refractivity contribution is -0.116. The molecule has 5 nitrogen and oxygen atoms in total. The van der Waals surface area contributed by atoms with Gasteiger partial charge in [-0.05, 0) is 24.6 Å². The molecule has 0 heterocycles. The molecule has 2 N–H and O–H groups in total. The van der Waals surface area contributed by atoms with Crippen molar-refractivity contribution in [1.82, 2.24) is 0 Å². The van der Waals surface area contributed by atoms with E-state index < -0.39 is 21.1 Å². The summed E-state index contributed by atoms with van der Waals surface area (Å²) in [5.41, 5.74) is 0.343. The van der Waals surface area contributed by atoms with E-state index in [0.717, 1.165) is 0 Å². The van der Waals surface area contributed by atoms with Gasteiger partial charge in [0.1, 0.15) is 5.75 Å². The topological polar surface area (TPSA) is 86.5 Å². The Labute approximate surface area is 94.3 Å². The molecule has 6 heteroatoms. The summed E-state index contributed by atoms with van der Waals surface area (Å²) in [6.45, 7) is 1.19. The molecule has 0 aliphatic carbocycles. The Balaban J connectivity index is 3.18. The summed E-state index contributed by atoms with van der Waals surface area (Å²) in [6, 6.07) is 6.18. The fourth-order valence-corrected chi connectivity index (χ4v) is 2.43. The van der Waals surface area contributed by atoms with Gasteiger partial charge in [0.2, 0.25) is 10.0 Å². The van der Waals surface area contributed by atoms with Crippen LogP contribution in [0.3, 0.4) is 0 Å². The van der Waals surface area contributed by atoms with Gasteiger partial charge in [0.15, 0.2) is 11.0 Å². The Morgan fingerprint density at radius 1 is 1.31 bits per heavy atom. The number of Topliss-reactive ketones (excluding diaryl/α,β-unsaturated/α-hetero) is 1. The van der Waals surface area contributed by atoms with Gasteiger partial charge in [0.05, 0.1) is 7.11 Å². The van der Waals surface area contributed by atoms with Crippen LogP contribution in [0, 0.1) is 0 Å². The molecule has 0 saturated carbocycles. The zero-order valence-corrected chi connectivity index (χ0v) is 9.82. The smallest absolute Gasteiger partial charge is 0.223 e. The lowest BCUT2D eigenvalue weighted by Gasteiger charge is -2.12. The van der Waals surface area contributed by atoms with Gasteiger partial charge in [-0.15, -0.1) is 0 Å². The van der Waals surface area contributed by atoms with Crippen molar-refractivity contribution in [2.45, 2.75) is 12.2 Å². The Bertz CT molecular complexity index is 478. The fourth-order valence-electron chi connectivity index (χ4n) is 1.43. The number of hydrogen-bond donors (Lipinski definition) is 1. The molecule has 1 rings (SSSR count). The Kier molecular flexibility index (Phi) is 3.66. The van der Waals surface area contributed by atoms with Gasteiger partial charge in [0, 0.05) is 0 Å². The van der Waals surface area contributed by atoms with E-state index in [-0.39, 0.29) is 0 Å². The highest BCUT2D eigenvalue weighted by molar-refractivity contribution is 7.90. The predicted octanol–water partition coefficient (Wildman–Crippen LogP) is 0.614. The molecule has 0 aromatic heterocycles. The molecule has 0 radical (unpaired) electrons. The lowest BCUT2D eigenvalue weighted by Crippen LogP contribution is -2.26. The Hall–Kier alpha value is -1.40. The number of nitrogens with two attached hydrogens (primary N) is 1. The summed E-state index contributed by atoms with van der Waals surface area (Å²) in [5, 5.41) is 3.70. The standard InChI is InChI=1S/C10H13NO4S/c1-7(12)10(16(11,13)14)8-3-5-9(15-2)6-4-8/h3-6,10H,1-2H3,(H2,11,13,14). The van der Waals surface area contributed by atoms with E-state index in [1.165, 1.54) is 26.2 Å². The third-order valence-electron chi connectivity index (χ3n) is 2.12. The molecule has 1 aromatic carbocycles. The van der Waals surface area contributed by atoms with Crippen molar-refractivity contribution in [2.24, 2.45) is 5.14 Å². The summed E-state index contributed by atoms with van der Waals surface area (Å²) < 4.78 is 27.4. The summed E-state index contributed by atoms with van der Waals surface area (Å²) in [7, 11) is -2.43. The normalized spacial score (nSPS) is 13.2. The summed E-state index contributed by atoms with van der Waals surface area (Å²) >= 11 is 0. The Morgan fingerprint density at radius 2 is 1.81 bits per heavy atom. The van der Waals surface area contributed by atoms with Gasteiger partial charge >= 0.3 is 0 Å². The number of sulfonamides is 1. The number of methoxy groups -OCH3 is 1. The Morgan fingerprint density at radius 3 is 2.12 bits per heavy atom. The highest BCUT2D eigenvalue weighted by Gasteiger charge is 2.28. The average Bonchev–Trinajstić information content (AvgIpc) is 2.16.